The minimum Gasteiger partial charge on any atom is -0.507 e. The van der Waals surface area contributed by atoms with Gasteiger partial charge in [0.25, 0.3) is 0 Å². The molecule has 3 rings (SSSR count). The quantitative estimate of drug-likeness (QED) is 0.742. The number of hydrogen-bond acceptors (Lipinski definition) is 2. The first-order chi connectivity index (χ1) is 10.2. The number of para-hydroxylation sites is 1. The molecule has 3 heteroatoms. The van der Waals surface area contributed by atoms with Gasteiger partial charge in [0.1, 0.15) is 5.75 Å². The minimum atomic E-state index is -0.167. The second-order valence-corrected chi connectivity index (χ2v) is 4.90. The molecule has 104 valence electrons. The summed E-state index contributed by atoms with van der Waals surface area (Å²) in [7, 11) is 0. The fourth-order valence-electron chi connectivity index (χ4n) is 2.29. The summed E-state index contributed by atoms with van der Waals surface area (Å²) < 4.78 is 1.96. The van der Waals surface area contributed by atoms with Gasteiger partial charge in [-0.25, -0.2) is 0 Å². The number of benzene rings is 2. The first-order valence-electron chi connectivity index (χ1n) is 6.76. The summed E-state index contributed by atoms with van der Waals surface area (Å²) in [6.07, 6.45) is 3.68. The molecule has 1 heterocycles. The van der Waals surface area contributed by atoms with Gasteiger partial charge < -0.3 is 9.67 Å². The number of hydrogen-bond donors (Lipinski definition) is 1. The first-order valence-corrected chi connectivity index (χ1v) is 6.76. The van der Waals surface area contributed by atoms with E-state index in [0.717, 1.165) is 6.54 Å². The highest BCUT2D eigenvalue weighted by Crippen LogP contribution is 2.20. The molecular formula is C18H15NO2. The number of aromatic nitrogens is 1. The van der Waals surface area contributed by atoms with Crippen LogP contribution in [0.2, 0.25) is 0 Å². The number of nitrogens with zero attached hydrogens (tertiary/aromatic N) is 1. The third-order valence-corrected chi connectivity index (χ3v) is 3.37. The Balaban J connectivity index is 1.82. The van der Waals surface area contributed by atoms with E-state index in [1.54, 1.807) is 24.3 Å². The van der Waals surface area contributed by atoms with E-state index >= 15 is 0 Å². The molecule has 1 N–H and O–H groups in total. The molecule has 2 aromatic carbocycles. The largest absolute Gasteiger partial charge is 0.507 e. The maximum absolute atomic E-state index is 12.4. The van der Waals surface area contributed by atoms with Crippen molar-refractivity contribution < 1.29 is 9.90 Å². The topological polar surface area (TPSA) is 42.2 Å². The zero-order chi connectivity index (χ0) is 14.7. The Labute approximate surface area is 123 Å². The average Bonchev–Trinajstić information content (AvgIpc) is 2.97. The molecular weight excluding hydrogens is 262 g/mol. The minimum absolute atomic E-state index is 0.0123. The third-order valence-electron chi connectivity index (χ3n) is 3.37. The second kappa shape index (κ2) is 5.67. The van der Waals surface area contributed by atoms with E-state index in [4.69, 9.17) is 0 Å². The predicted molar refractivity (Wildman–Crippen MR) is 81.5 cm³/mol. The van der Waals surface area contributed by atoms with E-state index in [1.807, 2.05) is 47.3 Å². The summed E-state index contributed by atoms with van der Waals surface area (Å²) in [6, 6.07) is 18.4. The summed E-state index contributed by atoms with van der Waals surface area (Å²) in [5.74, 6) is -0.154. The lowest BCUT2D eigenvalue weighted by Crippen LogP contribution is -2.01. The molecule has 0 saturated heterocycles. The van der Waals surface area contributed by atoms with Crippen molar-refractivity contribution in [3.63, 3.8) is 0 Å². The van der Waals surface area contributed by atoms with Gasteiger partial charge in [-0.05, 0) is 23.8 Å². The van der Waals surface area contributed by atoms with Gasteiger partial charge >= 0.3 is 0 Å². The Morgan fingerprint density at radius 3 is 2.43 bits per heavy atom. The van der Waals surface area contributed by atoms with E-state index < -0.39 is 0 Å². The van der Waals surface area contributed by atoms with Crippen LogP contribution in [0.1, 0.15) is 21.5 Å². The van der Waals surface area contributed by atoms with Crippen LogP contribution in [-0.2, 0) is 6.54 Å². The molecule has 0 aliphatic carbocycles. The number of ketones is 1. The Bertz CT molecular complexity index is 760. The van der Waals surface area contributed by atoms with Crippen LogP contribution in [0, 0.1) is 0 Å². The van der Waals surface area contributed by atoms with Gasteiger partial charge in [0.05, 0.1) is 5.56 Å². The normalized spacial score (nSPS) is 10.5. The van der Waals surface area contributed by atoms with Crippen molar-refractivity contribution >= 4 is 5.78 Å². The van der Waals surface area contributed by atoms with Crippen molar-refractivity contribution in [3.05, 3.63) is 89.7 Å². The van der Waals surface area contributed by atoms with Crippen LogP contribution in [0.5, 0.6) is 5.75 Å². The predicted octanol–water partition coefficient (Wildman–Crippen LogP) is 3.47. The monoisotopic (exact) mass is 277 g/mol. The van der Waals surface area contributed by atoms with E-state index in [1.165, 1.54) is 11.6 Å². The molecule has 1 aromatic heterocycles. The van der Waals surface area contributed by atoms with Crippen LogP contribution in [0.3, 0.4) is 0 Å². The van der Waals surface area contributed by atoms with E-state index in [9.17, 15) is 9.90 Å². The summed E-state index contributed by atoms with van der Waals surface area (Å²) >= 11 is 0. The Hall–Kier alpha value is -2.81. The number of aromatic hydroxyl groups is 1. The molecule has 0 atom stereocenters. The van der Waals surface area contributed by atoms with Gasteiger partial charge in [0, 0.05) is 24.5 Å². The molecule has 0 unspecified atom stereocenters. The Morgan fingerprint density at radius 1 is 0.952 bits per heavy atom. The van der Waals surface area contributed by atoms with E-state index in [-0.39, 0.29) is 11.5 Å². The van der Waals surface area contributed by atoms with Crippen molar-refractivity contribution in [2.24, 2.45) is 0 Å². The lowest BCUT2D eigenvalue weighted by Gasteiger charge is -2.03. The molecule has 0 aliphatic rings. The number of carbonyl (C=O) groups excluding carboxylic acids is 1. The van der Waals surface area contributed by atoms with Crippen molar-refractivity contribution in [1.29, 1.82) is 0 Å². The molecule has 0 bridgehead atoms. The van der Waals surface area contributed by atoms with Crippen LogP contribution in [0.4, 0.5) is 0 Å². The average molecular weight is 277 g/mol. The van der Waals surface area contributed by atoms with Gasteiger partial charge in [-0.3, -0.25) is 4.79 Å². The van der Waals surface area contributed by atoms with Crippen molar-refractivity contribution in [2.75, 3.05) is 0 Å². The molecule has 3 aromatic rings. The van der Waals surface area contributed by atoms with Gasteiger partial charge in [0.15, 0.2) is 5.78 Å². The van der Waals surface area contributed by atoms with Crippen molar-refractivity contribution in [1.82, 2.24) is 4.57 Å². The third kappa shape index (κ3) is 2.87. The van der Waals surface area contributed by atoms with Gasteiger partial charge in [-0.1, -0.05) is 42.5 Å². The smallest absolute Gasteiger partial charge is 0.198 e. The van der Waals surface area contributed by atoms with Gasteiger partial charge in [0.2, 0.25) is 0 Å². The summed E-state index contributed by atoms with van der Waals surface area (Å²) in [4.78, 5) is 12.4. The number of carbonyl (C=O) groups is 1. The van der Waals surface area contributed by atoms with Gasteiger partial charge in [-0.2, -0.15) is 0 Å². The highest BCUT2D eigenvalue weighted by Gasteiger charge is 2.13. The molecule has 3 nitrogen and oxygen atoms in total. The molecule has 0 aliphatic heterocycles. The highest BCUT2D eigenvalue weighted by atomic mass is 16.3. The standard InChI is InChI=1S/C18H15NO2/c20-17-9-5-4-8-16(17)18(21)15-10-11-19(13-15)12-14-6-2-1-3-7-14/h1-11,13,20H,12H2. The number of rotatable bonds is 4. The Morgan fingerprint density at radius 2 is 1.67 bits per heavy atom. The van der Waals surface area contributed by atoms with E-state index in [2.05, 4.69) is 0 Å². The molecule has 0 amide bonds. The summed E-state index contributed by atoms with van der Waals surface area (Å²) in [6.45, 7) is 0.717. The highest BCUT2D eigenvalue weighted by molar-refractivity contribution is 6.10. The number of phenols is 1. The summed E-state index contributed by atoms with van der Waals surface area (Å²) in [5.41, 5.74) is 2.08. The SMILES string of the molecule is O=C(c1ccn(Cc2ccccc2)c1)c1ccccc1O. The van der Waals surface area contributed by atoms with Gasteiger partial charge in [-0.15, -0.1) is 0 Å². The molecule has 0 radical (unpaired) electrons. The molecule has 21 heavy (non-hydrogen) atoms. The fourth-order valence-corrected chi connectivity index (χ4v) is 2.29. The van der Waals surface area contributed by atoms with Crippen LogP contribution in [0.15, 0.2) is 73.1 Å². The van der Waals surface area contributed by atoms with Crippen LogP contribution < -0.4 is 0 Å². The van der Waals surface area contributed by atoms with Crippen LogP contribution >= 0.6 is 0 Å². The summed E-state index contributed by atoms with van der Waals surface area (Å²) in [5, 5.41) is 9.76. The van der Waals surface area contributed by atoms with Crippen molar-refractivity contribution in [2.45, 2.75) is 6.54 Å². The van der Waals surface area contributed by atoms with Crippen molar-refractivity contribution in [3.8, 4) is 5.75 Å². The zero-order valence-electron chi connectivity index (χ0n) is 11.4. The Kier molecular flexibility index (Phi) is 3.56. The van der Waals surface area contributed by atoms with Crippen LogP contribution in [0.25, 0.3) is 0 Å². The second-order valence-electron chi connectivity index (χ2n) is 4.90. The zero-order valence-corrected chi connectivity index (χ0v) is 11.4. The lowest BCUT2D eigenvalue weighted by molar-refractivity contribution is 0.103. The molecule has 0 fully saturated rings. The maximum atomic E-state index is 12.4. The lowest BCUT2D eigenvalue weighted by atomic mass is 10.1. The van der Waals surface area contributed by atoms with Crippen LogP contribution in [-0.4, -0.2) is 15.5 Å². The fraction of sp³-hybridized carbons (Fsp3) is 0.0556. The number of phenolic OH excluding ortho intramolecular Hbond substituents is 1. The van der Waals surface area contributed by atoms with E-state index in [0.29, 0.717) is 11.1 Å². The first kappa shape index (κ1) is 13.2. The maximum Gasteiger partial charge on any atom is 0.198 e. The molecule has 0 saturated carbocycles. The molecule has 0 spiro atoms.